The fourth-order valence-electron chi connectivity index (χ4n) is 2.36. The van der Waals surface area contributed by atoms with Crippen LogP contribution < -0.4 is 19.5 Å². The lowest BCUT2D eigenvalue weighted by Gasteiger charge is -2.10. The number of esters is 1. The topological polar surface area (TPSA) is 100 Å². The summed E-state index contributed by atoms with van der Waals surface area (Å²) in [5.41, 5.74) is 0.519. The van der Waals surface area contributed by atoms with Crippen molar-refractivity contribution in [3.05, 3.63) is 53.6 Å². The smallest absolute Gasteiger partial charge is 0.351 e. The summed E-state index contributed by atoms with van der Waals surface area (Å²) in [6, 6.07) is 10.7. The van der Waals surface area contributed by atoms with Crippen LogP contribution >= 0.6 is 0 Å². The molecule has 0 saturated carbocycles. The molecular weight excluding hydrogens is 374 g/mol. The summed E-state index contributed by atoms with van der Waals surface area (Å²) in [5.74, 6) is 0.615. The molecule has 1 heterocycles. The maximum absolute atomic E-state index is 12.8. The van der Waals surface area contributed by atoms with E-state index < -0.39 is 20.7 Å². The molecule has 2 aromatic carbocycles. The van der Waals surface area contributed by atoms with E-state index in [9.17, 15) is 13.2 Å². The highest BCUT2D eigenvalue weighted by Gasteiger charge is 2.28. The predicted molar refractivity (Wildman–Crippen MR) is 96.5 cm³/mol. The Labute approximate surface area is 156 Å². The van der Waals surface area contributed by atoms with Gasteiger partial charge in [0.25, 0.3) is 0 Å². The van der Waals surface area contributed by atoms with E-state index in [-0.39, 0.29) is 11.7 Å². The van der Waals surface area contributed by atoms with Gasteiger partial charge in [0.05, 0.1) is 19.1 Å². The van der Waals surface area contributed by atoms with Gasteiger partial charge in [0.2, 0.25) is 16.6 Å². The number of carbonyl (C=O) groups is 1. The molecule has 0 amide bonds. The zero-order chi connectivity index (χ0) is 19.4. The first-order valence-corrected chi connectivity index (χ1v) is 9.28. The third-order valence-corrected chi connectivity index (χ3v) is 5.54. The van der Waals surface area contributed by atoms with Crippen molar-refractivity contribution in [2.75, 3.05) is 26.3 Å². The molecular formula is C18H17NO7S. The number of benzene rings is 2. The van der Waals surface area contributed by atoms with E-state index in [1.807, 2.05) is 0 Å². The van der Waals surface area contributed by atoms with Crippen LogP contribution in [0.3, 0.4) is 0 Å². The van der Waals surface area contributed by atoms with Gasteiger partial charge < -0.3 is 24.3 Å². The van der Waals surface area contributed by atoms with Gasteiger partial charge in [0.1, 0.15) is 5.75 Å². The molecule has 142 valence electrons. The third-order valence-electron chi connectivity index (χ3n) is 3.79. The van der Waals surface area contributed by atoms with Gasteiger partial charge in [-0.05, 0) is 36.4 Å². The Morgan fingerprint density at radius 3 is 2.44 bits per heavy atom. The quantitative estimate of drug-likeness (QED) is 0.592. The lowest BCUT2D eigenvalue weighted by Crippen LogP contribution is -2.17. The summed E-state index contributed by atoms with van der Waals surface area (Å²) in [5, 5.41) is 2.79. The average Bonchev–Trinajstić information content (AvgIpc) is 3.15. The van der Waals surface area contributed by atoms with Gasteiger partial charge in [-0.15, -0.1) is 0 Å². The molecule has 0 unspecified atom stereocenters. The minimum Gasteiger partial charge on any atom is -0.497 e. The van der Waals surface area contributed by atoms with E-state index in [1.165, 1.54) is 31.4 Å². The van der Waals surface area contributed by atoms with Crippen molar-refractivity contribution >= 4 is 21.5 Å². The predicted octanol–water partition coefficient (Wildman–Crippen LogP) is 2.32. The van der Waals surface area contributed by atoms with E-state index in [0.717, 1.165) is 13.3 Å². The average molecular weight is 391 g/mol. The molecule has 1 aliphatic rings. The number of nitrogens with one attached hydrogen (secondary N) is 1. The van der Waals surface area contributed by atoms with Crippen molar-refractivity contribution in [1.29, 1.82) is 0 Å². The van der Waals surface area contributed by atoms with Crippen LogP contribution in [0.5, 0.6) is 17.2 Å². The largest absolute Gasteiger partial charge is 0.497 e. The Morgan fingerprint density at radius 1 is 1.07 bits per heavy atom. The van der Waals surface area contributed by atoms with Crippen molar-refractivity contribution in [2.45, 2.75) is 4.90 Å². The number of ether oxygens (including phenoxy) is 4. The summed E-state index contributed by atoms with van der Waals surface area (Å²) in [6.07, 6.45) is 1.09. The molecule has 0 fully saturated rings. The molecule has 0 aromatic heterocycles. The van der Waals surface area contributed by atoms with Crippen molar-refractivity contribution in [3.63, 3.8) is 0 Å². The van der Waals surface area contributed by atoms with Gasteiger partial charge in [0.15, 0.2) is 16.4 Å². The minimum atomic E-state index is -4.11. The van der Waals surface area contributed by atoms with Gasteiger partial charge in [-0.2, -0.15) is 0 Å². The first-order chi connectivity index (χ1) is 13.0. The molecule has 8 nitrogen and oxygen atoms in total. The fraction of sp³-hybridized carbons (Fsp3) is 0.167. The van der Waals surface area contributed by atoms with Gasteiger partial charge in [-0.25, -0.2) is 13.2 Å². The molecule has 27 heavy (non-hydrogen) atoms. The lowest BCUT2D eigenvalue weighted by molar-refractivity contribution is -0.135. The van der Waals surface area contributed by atoms with Crippen LogP contribution in [0.15, 0.2) is 58.5 Å². The number of anilines is 1. The van der Waals surface area contributed by atoms with E-state index in [0.29, 0.717) is 22.9 Å². The number of carbonyl (C=O) groups excluding carboxylic acids is 1. The highest BCUT2D eigenvalue weighted by molar-refractivity contribution is 7.96. The molecule has 0 bridgehead atoms. The van der Waals surface area contributed by atoms with Gasteiger partial charge in [0, 0.05) is 18.0 Å². The summed E-state index contributed by atoms with van der Waals surface area (Å²) >= 11 is 0. The molecule has 0 radical (unpaired) electrons. The molecule has 3 rings (SSSR count). The Morgan fingerprint density at radius 2 is 1.78 bits per heavy atom. The molecule has 1 aliphatic heterocycles. The molecule has 0 aliphatic carbocycles. The second-order valence-corrected chi connectivity index (χ2v) is 7.31. The van der Waals surface area contributed by atoms with Crippen molar-refractivity contribution < 1.29 is 32.2 Å². The fourth-order valence-corrected chi connectivity index (χ4v) is 3.63. The van der Waals surface area contributed by atoms with Crippen LogP contribution in [-0.4, -0.2) is 35.4 Å². The van der Waals surface area contributed by atoms with E-state index in [1.54, 1.807) is 18.2 Å². The molecule has 1 N–H and O–H groups in total. The summed E-state index contributed by atoms with van der Waals surface area (Å²) in [4.78, 5) is 11.5. The van der Waals surface area contributed by atoms with Crippen LogP contribution in [0.1, 0.15) is 0 Å². The van der Waals surface area contributed by atoms with Gasteiger partial charge >= 0.3 is 5.97 Å². The third kappa shape index (κ3) is 3.82. The van der Waals surface area contributed by atoms with Crippen molar-refractivity contribution in [2.24, 2.45) is 0 Å². The molecule has 0 atom stereocenters. The van der Waals surface area contributed by atoms with E-state index in [2.05, 4.69) is 10.1 Å². The summed E-state index contributed by atoms with van der Waals surface area (Å²) < 4.78 is 45.8. The first kappa shape index (κ1) is 18.6. The van der Waals surface area contributed by atoms with Crippen molar-refractivity contribution in [1.82, 2.24) is 0 Å². The van der Waals surface area contributed by atoms with Gasteiger partial charge in [-0.1, -0.05) is 0 Å². The number of sulfone groups is 1. The standard InChI is InChI=1S/C18H17NO7S/c1-23-13-4-6-14(7-5-13)27(21,22)17(18(20)24-2)10-19-12-3-8-15-16(9-12)26-11-25-15/h3-10,19H,11H2,1-2H3. The van der Waals surface area contributed by atoms with Gasteiger partial charge in [-0.3, -0.25) is 0 Å². The minimum absolute atomic E-state index is 0.0626. The lowest BCUT2D eigenvalue weighted by atomic mass is 10.3. The van der Waals surface area contributed by atoms with Crippen LogP contribution in [0.2, 0.25) is 0 Å². The number of methoxy groups -OCH3 is 2. The Kier molecular flexibility index (Phi) is 5.22. The first-order valence-electron chi connectivity index (χ1n) is 7.79. The number of hydrogen-bond donors (Lipinski definition) is 1. The summed E-state index contributed by atoms with van der Waals surface area (Å²) in [7, 11) is -1.52. The van der Waals surface area contributed by atoms with E-state index in [4.69, 9.17) is 14.2 Å². The summed E-state index contributed by atoms with van der Waals surface area (Å²) in [6.45, 7) is 0.119. The molecule has 0 saturated heterocycles. The number of fused-ring (bicyclic) bond motifs is 1. The van der Waals surface area contributed by atoms with Crippen molar-refractivity contribution in [3.8, 4) is 17.2 Å². The zero-order valence-electron chi connectivity index (χ0n) is 14.6. The Hall–Kier alpha value is -3.20. The number of hydrogen-bond acceptors (Lipinski definition) is 8. The second-order valence-electron chi connectivity index (χ2n) is 5.39. The maximum Gasteiger partial charge on any atom is 0.351 e. The maximum atomic E-state index is 12.8. The SMILES string of the molecule is COC(=O)C(=CNc1ccc2c(c1)OCO2)S(=O)(=O)c1ccc(OC)cc1. The number of rotatable bonds is 6. The Balaban J connectivity index is 1.92. The molecule has 0 spiro atoms. The second kappa shape index (κ2) is 7.58. The zero-order valence-corrected chi connectivity index (χ0v) is 15.4. The normalized spacial score (nSPS) is 13.2. The Bertz CT molecular complexity index is 981. The highest BCUT2D eigenvalue weighted by Crippen LogP contribution is 2.34. The van der Waals surface area contributed by atoms with Crippen LogP contribution in [0.25, 0.3) is 0 Å². The van der Waals surface area contributed by atoms with E-state index >= 15 is 0 Å². The highest BCUT2D eigenvalue weighted by atomic mass is 32.2. The molecule has 2 aromatic rings. The van der Waals surface area contributed by atoms with Crippen LogP contribution in [0, 0.1) is 0 Å². The van der Waals surface area contributed by atoms with Crippen LogP contribution in [0.4, 0.5) is 5.69 Å². The van der Waals surface area contributed by atoms with Crippen LogP contribution in [-0.2, 0) is 19.4 Å². The monoisotopic (exact) mass is 391 g/mol. The molecule has 9 heteroatoms.